The Balaban J connectivity index is 1.82. The van der Waals surface area contributed by atoms with E-state index < -0.39 is 5.97 Å². The summed E-state index contributed by atoms with van der Waals surface area (Å²) in [4.78, 5) is 24.5. The average Bonchev–Trinajstić information content (AvgIpc) is 2.65. The SMILES string of the molecule is COc1ccc(/C=C/C(=O)OCC(=O)Nc2ccccc2SC)cc1. The summed E-state index contributed by atoms with van der Waals surface area (Å²) in [6, 6.07) is 14.6. The van der Waals surface area contributed by atoms with Gasteiger partial charge in [0.1, 0.15) is 5.75 Å². The highest BCUT2D eigenvalue weighted by Crippen LogP contribution is 2.24. The van der Waals surface area contributed by atoms with Gasteiger partial charge in [0.05, 0.1) is 12.8 Å². The van der Waals surface area contributed by atoms with Gasteiger partial charge in [0.15, 0.2) is 6.61 Å². The number of hydrogen-bond acceptors (Lipinski definition) is 5. The molecule has 0 aliphatic heterocycles. The first kappa shape index (κ1) is 18.6. The molecule has 0 saturated heterocycles. The van der Waals surface area contributed by atoms with Gasteiger partial charge in [-0.05, 0) is 42.2 Å². The highest BCUT2D eigenvalue weighted by molar-refractivity contribution is 7.98. The van der Waals surface area contributed by atoms with Crippen LogP contribution in [0.1, 0.15) is 5.56 Å². The second-order valence-corrected chi connectivity index (χ2v) is 5.81. The van der Waals surface area contributed by atoms with Crippen molar-refractivity contribution in [1.29, 1.82) is 0 Å². The largest absolute Gasteiger partial charge is 0.497 e. The lowest BCUT2D eigenvalue weighted by Crippen LogP contribution is -2.20. The molecule has 25 heavy (non-hydrogen) atoms. The Labute approximate surface area is 151 Å². The fourth-order valence-electron chi connectivity index (χ4n) is 2.00. The molecule has 0 unspecified atom stereocenters. The number of ether oxygens (including phenoxy) is 2. The van der Waals surface area contributed by atoms with Gasteiger partial charge in [-0.3, -0.25) is 4.79 Å². The van der Waals surface area contributed by atoms with E-state index in [1.165, 1.54) is 17.8 Å². The van der Waals surface area contributed by atoms with Crippen molar-refractivity contribution in [3.63, 3.8) is 0 Å². The molecule has 2 rings (SSSR count). The van der Waals surface area contributed by atoms with Crippen molar-refractivity contribution in [2.24, 2.45) is 0 Å². The van der Waals surface area contributed by atoms with Crippen LogP contribution in [0.5, 0.6) is 5.75 Å². The molecular formula is C19H19NO4S. The van der Waals surface area contributed by atoms with Crippen LogP contribution in [0.4, 0.5) is 5.69 Å². The quantitative estimate of drug-likeness (QED) is 0.466. The Morgan fingerprint density at radius 1 is 1.12 bits per heavy atom. The summed E-state index contributed by atoms with van der Waals surface area (Å²) in [5.74, 6) is -0.223. The zero-order valence-corrected chi connectivity index (χ0v) is 14.8. The molecule has 6 heteroatoms. The molecular weight excluding hydrogens is 338 g/mol. The number of rotatable bonds is 7. The van der Waals surface area contributed by atoms with E-state index in [4.69, 9.17) is 9.47 Å². The van der Waals surface area contributed by atoms with Crippen LogP contribution in [-0.4, -0.2) is 31.8 Å². The van der Waals surface area contributed by atoms with Gasteiger partial charge in [-0.1, -0.05) is 24.3 Å². The molecule has 0 atom stereocenters. The molecule has 0 aromatic heterocycles. The Morgan fingerprint density at radius 2 is 1.84 bits per heavy atom. The van der Waals surface area contributed by atoms with Gasteiger partial charge < -0.3 is 14.8 Å². The summed E-state index contributed by atoms with van der Waals surface area (Å²) in [6.07, 6.45) is 4.82. The number of esters is 1. The topological polar surface area (TPSA) is 64.6 Å². The third-order valence-electron chi connectivity index (χ3n) is 3.25. The molecule has 0 fully saturated rings. The van der Waals surface area contributed by atoms with Crippen molar-refractivity contribution in [1.82, 2.24) is 0 Å². The van der Waals surface area contributed by atoms with Crippen molar-refractivity contribution in [3.05, 3.63) is 60.2 Å². The summed E-state index contributed by atoms with van der Waals surface area (Å²) >= 11 is 1.53. The van der Waals surface area contributed by atoms with Gasteiger partial charge >= 0.3 is 5.97 Å². The number of carbonyl (C=O) groups is 2. The molecule has 0 radical (unpaired) electrons. The van der Waals surface area contributed by atoms with Crippen LogP contribution in [0.3, 0.4) is 0 Å². The molecule has 2 aromatic carbocycles. The number of nitrogens with one attached hydrogen (secondary N) is 1. The third kappa shape index (κ3) is 6.00. The number of benzene rings is 2. The second-order valence-electron chi connectivity index (χ2n) is 4.96. The predicted molar refractivity (Wildman–Crippen MR) is 99.8 cm³/mol. The minimum absolute atomic E-state index is 0.339. The van der Waals surface area contributed by atoms with Crippen LogP contribution in [0, 0.1) is 0 Å². The first-order valence-corrected chi connectivity index (χ1v) is 8.76. The Hall–Kier alpha value is -2.73. The molecule has 5 nitrogen and oxygen atoms in total. The summed E-state index contributed by atoms with van der Waals surface area (Å²) in [7, 11) is 1.59. The van der Waals surface area contributed by atoms with Crippen molar-refractivity contribution in [2.45, 2.75) is 4.90 Å². The van der Waals surface area contributed by atoms with Gasteiger partial charge in [-0.2, -0.15) is 0 Å². The molecule has 1 N–H and O–H groups in total. The number of thioether (sulfide) groups is 1. The lowest BCUT2D eigenvalue weighted by atomic mass is 10.2. The Morgan fingerprint density at radius 3 is 2.52 bits per heavy atom. The van der Waals surface area contributed by atoms with Gasteiger partial charge in [-0.25, -0.2) is 4.79 Å². The van der Waals surface area contributed by atoms with Crippen molar-refractivity contribution in [2.75, 3.05) is 25.3 Å². The molecule has 0 saturated carbocycles. The smallest absolute Gasteiger partial charge is 0.331 e. The predicted octanol–water partition coefficient (Wildman–Crippen LogP) is 3.61. The molecule has 2 aromatic rings. The fraction of sp³-hybridized carbons (Fsp3) is 0.158. The number of methoxy groups -OCH3 is 1. The normalized spacial score (nSPS) is 10.5. The minimum Gasteiger partial charge on any atom is -0.497 e. The number of anilines is 1. The van der Waals surface area contributed by atoms with E-state index in [1.54, 1.807) is 31.4 Å². The first-order valence-electron chi connectivity index (χ1n) is 7.54. The molecule has 0 heterocycles. The maximum atomic E-state index is 11.9. The van der Waals surface area contributed by atoms with E-state index in [-0.39, 0.29) is 12.5 Å². The van der Waals surface area contributed by atoms with Crippen molar-refractivity contribution < 1.29 is 19.1 Å². The highest BCUT2D eigenvalue weighted by Gasteiger charge is 2.08. The van der Waals surface area contributed by atoms with Crippen LogP contribution < -0.4 is 10.1 Å². The second kappa shape index (κ2) is 9.54. The molecule has 0 spiro atoms. The molecule has 1 amide bonds. The number of amides is 1. The first-order chi connectivity index (χ1) is 12.1. The van der Waals surface area contributed by atoms with E-state index >= 15 is 0 Å². The lowest BCUT2D eigenvalue weighted by Gasteiger charge is -2.09. The van der Waals surface area contributed by atoms with Crippen molar-refractivity contribution in [3.8, 4) is 5.75 Å². The Bertz CT molecular complexity index is 756. The lowest BCUT2D eigenvalue weighted by molar-refractivity contribution is -0.142. The maximum absolute atomic E-state index is 11.9. The third-order valence-corrected chi connectivity index (χ3v) is 4.05. The molecule has 0 aliphatic carbocycles. The van der Waals surface area contributed by atoms with Crippen LogP contribution in [0.2, 0.25) is 0 Å². The van der Waals surface area contributed by atoms with E-state index in [1.807, 2.05) is 36.6 Å². The van der Waals surface area contributed by atoms with Gasteiger partial charge in [0.2, 0.25) is 0 Å². The summed E-state index contributed by atoms with van der Waals surface area (Å²) in [6.45, 7) is -0.339. The van der Waals surface area contributed by atoms with Crippen LogP contribution in [0.25, 0.3) is 6.08 Å². The minimum atomic E-state index is -0.580. The van der Waals surface area contributed by atoms with Gasteiger partial charge in [0.25, 0.3) is 5.91 Å². The number of hydrogen-bond donors (Lipinski definition) is 1. The van der Waals surface area contributed by atoms with E-state index in [9.17, 15) is 9.59 Å². The zero-order chi connectivity index (χ0) is 18.1. The number of para-hydroxylation sites is 1. The Kier molecular flexibility index (Phi) is 7.10. The molecule has 130 valence electrons. The summed E-state index contributed by atoms with van der Waals surface area (Å²) < 4.78 is 10.0. The van der Waals surface area contributed by atoms with Crippen LogP contribution in [-0.2, 0) is 14.3 Å². The monoisotopic (exact) mass is 357 g/mol. The summed E-state index contributed by atoms with van der Waals surface area (Å²) in [5.41, 5.74) is 1.53. The van der Waals surface area contributed by atoms with E-state index in [0.29, 0.717) is 5.69 Å². The highest BCUT2D eigenvalue weighted by atomic mass is 32.2. The standard InChI is InChI=1S/C19H19NO4S/c1-23-15-10-7-14(8-11-15)9-12-19(22)24-13-18(21)20-16-5-3-4-6-17(16)25-2/h3-12H,13H2,1-2H3,(H,20,21)/b12-9+. The molecule has 0 bridgehead atoms. The average molecular weight is 357 g/mol. The van der Waals surface area contributed by atoms with E-state index in [2.05, 4.69) is 5.32 Å². The molecule has 0 aliphatic rings. The number of carbonyl (C=O) groups excluding carboxylic acids is 2. The fourth-order valence-corrected chi connectivity index (χ4v) is 2.55. The van der Waals surface area contributed by atoms with Crippen molar-refractivity contribution >= 4 is 35.4 Å². The van der Waals surface area contributed by atoms with Crippen LogP contribution >= 0.6 is 11.8 Å². The van der Waals surface area contributed by atoms with Gasteiger partial charge in [-0.15, -0.1) is 11.8 Å². The van der Waals surface area contributed by atoms with Crippen LogP contribution in [0.15, 0.2) is 59.5 Å². The maximum Gasteiger partial charge on any atom is 0.331 e. The zero-order valence-electron chi connectivity index (χ0n) is 14.0. The van der Waals surface area contributed by atoms with E-state index in [0.717, 1.165) is 16.2 Å². The summed E-state index contributed by atoms with van der Waals surface area (Å²) in [5, 5.41) is 2.73. The van der Waals surface area contributed by atoms with Gasteiger partial charge in [0, 0.05) is 11.0 Å².